The summed E-state index contributed by atoms with van der Waals surface area (Å²) >= 11 is 7.10. The summed E-state index contributed by atoms with van der Waals surface area (Å²) in [5, 5.41) is 20.8. The minimum absolute atomic E-state index is 0.00436. The number of aliphatic carboxylic acids is 1. The van der Waals surface area contributed by atoms with Gasteiger partial charge in [-0.1, -0.05) is 41.9 Å². The second-order valence-corrected chi connectivity index (χ2v) is 16.2. The van der Waals surface area contributed by atoms with Crippen molar-refractivity contribution < 1.29 is 41.7 Å². The summed E-state index contributed by atoms with van der Waals surface area (Å²) in [6.07, 6.45) is 1.34. The molecule has 1 amide bonds. The predicted molar refractivity (Wildman–Crippen MR) is 222 cm³/mol. The second kappa shape index (κ2) is 18.2. The first kappa shape index (κ1) is 42.9. The number of carbonyl (C=O) groups excluding carboxylic acids is 1. The van der Waals surface area contributed by atoms with Gasteiger partial charge in [0.2, 0.25) is 5.91 Å². The Labute approximate surface area is 350 Å². The lowest BCUT2D eigenvalue weighted by atomic mass is 9.83. The molecule has 1 aliphatic heterocycles. The summed E-state index contributed by atoms with van der Waals surface area (Å²) < 4.78 is 72.8. The van der Waals surface area contributed by atoms with Crippen LogP contribution in [-0.2, 0) is 35.4 Å². The summed E-state index contributed by atoms with van der Waals surface area (Å²) in [7, 11) is 4.79. The second-order valence-electron chi connectivity index (χ2n) is 15.8. The van der Waals surface area contributed by atoms with Crippen molar-refractivity contribution in [2.45, 2.75) is 82.8 Å². The fourth-order valence-corrected chi connectivity index (χ4v) is 9.06. The van der Waals surface area contributed by atoms with Crippen molar-refractivity contribution in [3.63, 3.8) is 0 Å². The van der Waals surface area contributed by atoms with Crippen LogP contribution in [0.1, 0.15) is 67.2 Å². The number of amides is 1. The number of nitrogens with zero attached hydrogens (tertiary/aromatic N) is 3. The van der Waals surface area contributed by atoms with Gasteiger partial charge in [0.25, 0.3) is 0 Å². The van der Waals surface area contributed by atoms with E-state index in [1.54, 1.807) is 36.5 Å². The predicted octanol–water partition coefficient (Wildman–Crippen LogP) is 9.08. The highest BCUT2D eigenvalue weighted by molar-refractivity contribution is 6.36. The number of hydrogen-bond acceptors (Lipinski definition) is 7. The summed E-state index contributed by atoms with van der Waals surface area (Å²) in [4.78, 5) is 24.8. The Bertz CT molecular complexity index is 2380. The number of rotatable bonds is 15. The lowest BCUT2D eigenvalue weighted by molar-refractivity contribution is -0.139. The van der Waals surface area contributed by atoms with E-state index in [4.69, 9.17) is 21.1 Å². The lowest BCUT2D eigenvalue weighted by Gasteiger charge is -2.34. The van der Waals surface area contributed by atoms with Crippen molar-refractivity contribution >= 4 is 34.4 Å². The van der Waals surface area contributed by atoms with Gasteiger partial charge in [-0.05, 0) is 92.1 Å². The van der Waals surface area contributed by atoms with Gasteiger partial charge in [-0.15, -0.1) is 0 Å². The molecular weight excluding hydrogens is 802 g/mol. The zero-order chi connectivity index (χ0) is 42.7. The van der Waals surface area contributed by atoms with Gasteiger partial charge < -0.3 is 25.2 Å². The molecule has 0 radical (unpaired) electrons. The topological polar surface area (TPSA) is 118 Å². The van der Waals surface area contributed by atoms with Crippen LogP contribution in [0.15, 0.2) is 66.9 Å². The number of carbonyl (C=O) groups is 2. The number of benzene rings is 4. The van der Waals surface area contributed by atoms with Crippen molar-refractivity contribution in [2.75, 3.05) is 27.8 Å². The number of ether oxygens (including phenoxy) is 2. The standard InChI is InChI=1S/C45H48ClF4N5O5/c1-54(31-13-10-26(11-14-31)16-43(57)58)24-29-17-37(45(48,49)50)28(20-40(29)59-2)25-55-39-9-5-7-33(35(39)23-52-55)34-8-4-6-32(44(34)46)27-18-38(47)36(41(19-27)60-3)22-51-21-30-12-15-42(56)53-30/h4-9,17-20,23,26,30-31,51H,10-16,21-22,24-25H2,1-3H3,(H,53,56)(H,57,58)/t26-,30-,31-/m0/s1. The Kier molecular flexibility index (Phi) is 13.0. The van der Waals surface area contributed by atoms with E-state index < -0.39 is 23.5 Å². The quantitative estimate of drug-likeness (QED) is 0.0894. The molecule has 3 N–H and O–H groups in total. The Morgan fingerprint density at radius 2 is 1.70 bits per heavy atom. The largest absolute Gasteiger partial charge is 0.496 e. The van der Waals surface area contributed by atoms with Crippen LogP contribution in [0.3, 0.4) is 0 Å². The number of halogens is 5. The average Bonchev–Trinajstić information content (AvgIpc) is 3.83. The third-order valence-electron chi connectivity index (χ3n) is 11.9. The first-order chi connectivity index (χ1) is 28.7. The number of hydrogen-bond donors (Lipinski definition) is 3. The van der Waals surface area contributed by atoms with Gasteiger partial charge in [-0.3, -0.25) is 19.2 Å². The molecule has 0 unspecified atom stereocenters. The third kappa shape index (κ3) is 9.40. The maximum Gasteiger partial charge on any atom is 0.416 e. The van der Waals surface area contributed by atoms with E-state index in [9.17, 15) is 27.9 Å². The van der Waals surface area contributed by atoms with Crippen molar-refractivity contribution in [3.05, 3.63) is 100.0 Å². The van der Waals surface area contributed by atoms with Crippen molar-refractivity contribution in [3.8, 4) is 33.8 Å². The zero-order valence-corrected chi connectivity index (χ0v) is 34.4. The normalized spacial score (nSPS) is 18.3. The number of alkyl halides is 3. The summed E-state index contributed by atoms with van der Waals surface area (Å²) in [5.74, 6) is -0.502. The molecule has 4 aromatic carbocycles. The van der Waals surface area contributed by atoms with Crippen LogP contribution in [0.5, 0.6) is 11.5 Å². The molecule has 318 valence electrons. The van der Waals surface area contributed by atoms with Gasteiger partial charge in [0.1, 0.15) is 17.3 Å². The molecule has 15 heteroatoms. The molecule has 0 spiro atoms. The lowest BCUT2D eigenvalue weighted by Crippen LogP contribution is -2.35. The SMILES string of the molecule is COc1cc(Cn2ncc3c(-c4cccc(-c5cc(F)c(CNC[C@@H]6CCC(=O)N6)c(OC)c5)c4Cl)cccc32)c(C(F)(F)F)cc1CN(C)[C@H]1CC[C@H](CC(=O)O)CC1. The average molecular weight is 850 g/mol. The van der Waals surface area contributed by atoms with Crippen molar-refractivity contribution in [1.82, 2.24) is 25.3 Å². The van der Waals surface area contributed by atoms with Crippen molar-refractivity contribution in [2.24, 2.45) is 5.92 Å². The van der Waals surface area contributed by atoms with E-state index in [1.165, 1.54) is 37.1 Å². The van der Waals surface area contributed by atoms with Crippen LogP contribution in [0.2, 0.25) is 5.02 Å². The number of carboxylic acid groups (broad SMARTS) is 1. The maximum atomic E-state index is 15.7. The first-order valence-electron chi connectivity index (χ1n) is 20.0. The molecule has 2 fully saturated rings. The van der Waals surface area contributed by atoms with Gasteiger partial charge in [0, 0.05) is 72.2 Å². The molecule has 1 aromatic heterocycles. The van der Waals surface area contributed by atoms with Crippen LogP contribution < -0.4 is 20.1 Å². The molecule has 7 rings (SSSR count). The van der Waals surface area contributed by atoms with Crippen molar-refractivity contribution in [1.29, 1.82) is 0 Å². The number of fused-ring (bicyclic) bond motifs is 1. The zero-order valence-electron chi connectivity index (χ0n) is 33.7. The van der Waals surface area contributed by atoms with Crippen LogP contribution in [0.4, 0.5) is 17.6 Å². The monoisotopic (exact) mass is 849 g/mol. The smallest absolute Gasteiger partial charge is 0.416 e. The van der Waals surface area contributed by atoms with Gasteiger partial charge in [0.05, 0.1) is 43.1 Å². The van der Waals surface area contributed by atoms with Gasteiger partial charge in [-0.25, -0.2) is 4.39 Å². The number of nitrogens with one attached hydrogen (secondary N) is 2. The summed E-state index contributed by atoms with van der Waals surface area (Å²) in [6, 6.07) is 16.7. The molecular formula is C45H48ClF4N5O5. The first-order valence-corrected chi connectivity index (χ1v) is 20.4. The Balaban J connectivity index is 1.14. The fourth-order valence-electron chi connectivity index (χ4n) is 8.72. The molecule has 10 nitrogen and oxygen atoms in total. The van der Waals surface area contributed by atoms with E-state index in [0.29, 0.717) is 73.8 Å². The Hall–Kier alpha value is -5.18. The third-order valence-corrected chi connectivity index (χ3v) is 12.3. The maximum absolute atomic E-state index is 15.7. The number of aromatic nitrogens is 2. The summed E-state index contributed by atoms with van der Waals surface area (Å²) in [5.41, 5.74) is 2.94. The highest BCUT2D eigenvalue weighted by Gasteiger charge is 2.35. The minimum Gasteiger partial charge on any atom is -0.496 e. The Morgan fingerprint density at radius 3 is 2.38 bits per heavy atom. The number of carboxylic acids is 1. The summed E-state index contributed by atoms with van der Waals surface area (Å²) in [6.45, 7) is 0.734. The molecule has 60 heavy (non-hydrogen) atoms. The highest BCUT2D eigenvalue weighted by atomic mass is 35.5. The molecule has 1 saturated carbocycles. The molecule has 2 heterocycles. The van der Waals surface area contributed by atoms with Crippen LogP contribution in [0, 0.1) is 11.7 Å². The van der Waals surface area contributed by atoms with E-state index >= 15 is 4.39 Å². The fraction of sp³-hybridized carbons (Fsp3) is 0.400. The molecule has 1 saturated heterocycles. The van der Waals surface area contributed by atoms with Crippen LogP contribution in [0.25, 0.3) is 33.2 Å². The van der Waals surface area contributed by atoms with E-state index in [2.05, 4.69) is 15.7 Å². The molecule has 1 aliphatic carbocycles. The van der Waals surface area contributed by atoms with Gasteiger partial charge in [-0.2, -0.15) is 18.3 Å². The molecule has 0 bridgehead atoms. The van der Waals surface area contributed by atoms with Gasteiger partial charge >= 0.3 is 12.1 Å². The Morgan fingerprint density at radius 1 is 0.983 bits per heavy atom. The number of methoxy groups -OCH3 is 2. The van der Waals surface area contributed by atoms with Crippen LogP contribution in [-0.4, -0.2) is 71.6 Å². The highest BCUT2D eigenvalue weighted by Crippen LogP contribution is 2.42. The molecule has 2 aliphatic rings. The van der Waals surface area contributed by atoms with E-state index in [0.717, 1.165) is 32.1 Å². The van der Waals surface area contributed by atoms with E-state index in [1.807, 2.05) is 24.1 Å². The molecule has 5 aromatic rings. The minimum atomic E-state index is -4.66. The van der Waals surface area contributed by atoms with E-state index in [-0.39, 0.29) is 55.5 Å². The molecule has 1 atom stereocenters. The van der Waals surface area contributed by atoms with Crippen LogP contribution >= 0.6 is 11.6 Å². The van der Waals surface area contributed by atoms with Gasteiger partial charge in [0.15, 0.2) is 0 Å².